The molecule has 118 valence electrons. The second-order valence-electron chi connectivity index (χ2n) is 5.75. The number of rotatable bonds is 7. The normalized spacial score (nSPS) is 13.2. The van der Waals surface area contributed by atoms with Crippen molar-refractivity contribution in [1.82, 2.24) is 0 Å². The topological polar surface area (TPSA) is 89.3 Å². The molecule has 0 aliphatic heterocycles. The van der Waals surface area contributed by atoms with Crippen molar-refractivity contribution in [1.29, 1.82) is 0 Å². The van der Waals surface area contributed by atoms with Crippen molar-refractivity contribution >= 4 is 21.4 Å². The summed E-state index contributed by atoms with van der Waals surface area (Å²) in [5.41, 5.74) is 6.01. The van der Waals surface area contributed by atoms with E-state index in [0.29, 0.717) is 24.6 Å². The maximum Gasteiger partial charge on any atom is 0.224 e. The molecule has 0 radical (unpaired) electrons. The Kier molecular flexibility index (Phi) is 6.36. The zero-order chi connectivity index (χ0) is 16.0. The molecule has 5 nitrogen and oxygen atoms in total. The van der Waals surface area contributed by atoms with E-state index in [4.69, 9.17) is 5.73 Å². The second-order valence-corrected chi connectivity index (χ2v) is 7.74. The smallest absolute Gasteiger partial charge is 0.224 e. The number of amides is 1. The van der Waals surface area contributed by atoms with Crippen molar-refractivity contribution in [2.45, 2.75) is 31.6 Å². The molecule has 1 amide bonds. The fourth-order valence-corrected chi connectivity index (χ4v) is 3.13. The lowest BCUT2D eigenvalue weighted by atomic mass is 9.94. The number of anilines is 1. The third-order valence-electron chi connectivity index (χ3n) is 3.17. The average Bonchev–Trinajstić information content (AvgIpc) is 2.36. The van der Waals surface area contributed by atoms with Gasteiger partial charge in [-0.3, -0.25) is 4.79 Å². The number of sulfone groups is 1. The Morgan fingerprint density at radius 1 is 1.29 bits per heavy atom. The molecule has 21 heavy (non-hydrogen) atoms. The van der Waals surface area contributed by atoms with Crippen LogP contribution >= 0.6 is 0 Å². The van der Waals surface area contributed by atoms with E-state index < -0.39 is 9.84 Å². The van der Waals surface area contributed by atoms with Gasteiger partial charge in [-0.15, -0.1) is 0 Å². The lowest BCUT2D eigenvalue weighted by molar-refractivity contribution is -0.117. The van der Waals surface area contributed by atoms with Gasteiger partial charge in [0.05, 0.1) is 10.6 Å². The van der Waals surface area contributed by atoms with E-state index in [1.807, 2.05) is 0 Å². The molecule has 0 spiro atoms. The van der Waals surface area contributed by atoms with Crippen LogP contribution < -0.4 is 11.1 Å². The van der Waals surface area contributed by atoms with Crippen molar-refractivity contribution in [2.24, 2.45) is 17.6 Å². The van der Waals surface area contributed by atoms with Crippen LogP contribution in [-0.2, 0) is 14.6 Å². The van der Waals surface area contributed by atoms with Crippen LogP contribution in [0.2, 0.25) is 0 Å². The van der Waals surface area contributed by atoms with Gasteiger partial charge in [0, 0.05) is 12.7 Å². The van der Waals surface area contributed by atoms with Gasteiger partial charge in [0.15, 0.2) is 9.84 Å². The number of para-hydroxylation sites is 1. The molecule has 0 fully saturated rings. The minimum atomic E-state index is -3.37. The van der Waals surface area contributed by atoms with Crippen LogP contribution in [0.25, 0.3) is 0 Å². The number of carbonyl (C=O) groups excluding carboxylic acids is 1. The van der Waals surface area contributed by atoms with Crippen LogP contribution in [0, 0.1) is 11.8 Å². The van der Waals surface area contributed by atoms with Gasteiger partial charge >= 0.3 is 0 Å². The highest BCUT2D eigenvalue weighted by atomic mass is 32.2. The summed E-state index contributed by atoms with van der Waals surface area (Å²) in [6, 6.07) is 6.40. The lowest BCUT2D eigenvalue weighted by Crippen LogP contribution is -2.24. The highest BCUT2D eigenvalue weighted by Gasteiger charge is 2.17. The first-order valence-corrected chi connectivity index (χ1v) is 8.92. The highest BCUT2D eigenvalue weighted by Crippen LogP contribution is 2.22. The first-order chi connectivity index (χ1) is 9.74. The zero-order valence-electron chi connectivity index (χ0n) is 12.8. The van der Waals surface area contributed by atoms with Gasteiger partial charge in [0.2, 0.25) is 5.91 Å². The van der Waals surface area contributed by atoms with Crippen molar-refractivity contribution in [2.75, 3.05) is 18.1 Å². The Bertz CT molecular complexity index is 582. The molecule has 0 aromatic heterocycles. The molecular formula is C15H24N2O3S. The molecule has 1 atom stereocenters. The fraction of sp³-hybridized carbons (Fsp3) is 0.533. The van der Waals surface area contributed by atoms with Crippen molar-refractivity contribution in [3.05, 3.63) is 24.3 Å². The van der Waals surface area contributed by atoms with Crippen LogP contribution in [0.1, 0.15) is 26.7 Å². The van der Waals surface area contributed by atoms with Crippen LogP contribution in [0.15, 0.2) is 29.2 Å². The maximum atomic E-state index is 12.1. The van der Waals surface area contributed by atoms with Gasteiger partial charge in [-0.25, -0.2) is 8.42 Å². The third-order valence-corrected chi connectivity index (χ3v) is 4.33. The van der Waals surface area contributed by atoms with Gasteiger partial charge in [-0.1, -0.05) is 26.0 Å². The van der Waals surface area contributed by atoms with E-state index in [9.17, 15) is 13.2 Å². The molecule has 1 unspecified atom stereocenters. The number of benzene rings is 1. The van der Waals surface area contributed by atoms with Crippen LogP contribution in [0.4, 0.5) is 5.69 Å². The predicted molar refractivity (Wildman–Crippen MR) is 84.8 cm³/mol. The standard InChI is InChI=1S/C15H24N2O3S/c1-11(2)8-12(10-16)9-15(18)17-13-6-4-5-7-14(13)21(3,19)20/h4-7,11-12H,8-10,16H2,1-3H3,(H,17,18). The zero-order valence-corrected chi connectivity index (χ0v) is 13.6. The quantitative estimate of drug-likeness (QED) is 0.806. The van der Waals surface area contributed by atoms with Crippen molar-refractivity contribution in [3.63, 3.8) is 0 Å². The van der Waals surface area contributed by atoms with E-state index in [0.717, 1.165) is 12.7 Å². The Hall–Kier alpha value is -1.40. The van der Waals surface area contributed by atoms with Gasteiger partial charge in [0.1, 0.15) is 0 Å². The minimum absolute atomic E-state index is 0.107. The largest absolute Gasteiger partial charge is 0.330 e. The molecule has 1 rings (SSSR count). The Balaban J connectivity index is 2.80. The first kappa shape index (κ1) is 17.7. The summed E-state index contributed by atoms with van der Waals surface area (Å²) in [5.74, 6) is 0.368. The highest BCUT2D eigenvalue weighted by molar-refractivity contribution is 7.90. The van der Waals surface area contributed by atoms with E-state index >= 15 is 0 Å². The molecule has 0 heterocycles. The van der Waals surface area contributed by atoms with Gasteiger partial charge in [0.25, 0.3) is 0 Å². The maximum absolute atomic E-state index is 12.1. The van der Waals surface area contributed by atoms with E-state index in [2.05, 4.69) is 19.2 Å². The molecular weight excluding hydrogens is 288 g/mol. The Morgan fingerprint density at radius 3 is 2.43 bits per heavy atom. The monoisotopic (exact) mass is 312 g/mol. The van der Waals surface area contributed by atoms with E-state index in [-0.39, 0.29) is 16.7 Å². The SMILES string of the molecule is CC(C)CC(CN)CC(=O)Nc1ccccc1S(C)(=O)=O. The number of nitrogens with two attached hydrogens (primary N) is 1. The van der Waals surface area contributed by atoms with Crippen LogP contribution in [-0.4, -0.2) is 27.1 Å². The summed E-state index contributed by atoms with van der Waals surface area (Å²) >= 11 is 0. The molecule has 3 N–H and O–H groups in total. The van der Waals surface area contributed by atoms with E-state index in [1.54, 1.807) is 18.2 Å². The summed E-state index contributed by atoms with van der Waals surface area (Å²) in [4.78, 5) is 12.2. The number of hydrogen-bond acceptors (Lipinski definition) is 4. The molecule has 0 saturated carbocycles. The fourth-order valence-electron chi connectivity index (χ4n) is 2.29. The van der Waals surface area contributed by atoms with Gasteiger partial charge < -0.3 is 11.1 Å². The summed E-state index contributed by atoms with van der Waals surface area (Å²) in [5, 5.41) is 2.68. The average molecular weight is 312 g/mol. The number of nitrogens with one attached hydrogen (secondary N) is 1. The molecule has 6 heteroatoms. The number of hydrogen-bond donors (Lipinski definition) is 2. The van der Waals surface area contributed by atoms with Crippen LogP contribution in [0.3, 0.4) is 0 Å². The molecule has 0 saturated heterocycles. The van der Waals surface area contributed by atoms with Crippen molar-refractivity contribution < 1.29 is 13.2 Å². The Morgan fingerprint density at radius 2 is 1.90 bits per heavy atom. The van der Waals surface area contributed by atoms with Crippen molar-refractivity contribution in [3.8, 4) is 0 Å². The minimum Gasteiger partial charge on any atom is -0.330 e. The molecule has 1 aromatic carbocycles. The Labute approximate surface area is 126 Å². The summed E-state index contributed by atoms with van der Waals surface area (Å²) in [7, 11) is -3.37. The number of carbonyl (C=O) groups is 1. The summed E-state index contributed by atoms with van der Waals surface area (Å²) in [6.07, 6.45) is 2.30. The van der Waals surface area contributed by atoms with E-state index in [1.165, 1.54) is 6.07 Å². The summed E-state index contributed by atoms with van der Waals surface area (Å²) in [6.45, 7) is 4.61. The predicted octanol–water partition coefficient (Wildman–Crippen LogP) is 2.04. The van der Waals surface area contributed by atoms with Crippen LogP contribution in [0.5, 0.6) is 0 Å². The van der Waals surface area contributed by atoms with Gasteiger partial charge in [-0.2, -0.15) is 0 Å². The molecule has 1 aromatic rings. The summed E-state index contributed by atoms with van der Waals surface area (Å²) < 4.78 is 23.4. The third kappa shape index (κ3) is 5.85. The van der Waals surface area contributed by atoms with Gasteiger partial charge in [-0.05, 0) is 36.9 Å². The molecule has 0 bridgehead atoms. The molecule has 0 aliphatic carbocycles. The second kappa shape index (κ2) is 7.56. The molecule has 0 aliphatic rings. The first-order valence-electron chi connectivity index (χ1n) is 7.03. The lowest BCUT2D eigenvalue weighted by Gasteiger charge is -2.17.